The summed E-state index contributed by atoms with van der Waals surface area (Å²) in [6.07, 6.45) is 11.2. The van der Waals surface area contributed by atoms with Gasteiger partial charge in [-0.3, -0.25) is 0 Å². The third-order valence-electron chi connectivity index (χ3n) is 11.1. The molecule has 0 aromatic heterocycles. The number of aldehydes is 1. The van der Waals surface area contributed by atoms with E-state index in [2.05, 4.69) is 101 Å². The van der Waals surface area contributed by atoms with E-state index in [0.29, 0.717) is 26.2 Å². The minimum atomic E-state index is -2.64. The summed E-state index contributed by atoms with van der Waals surface area (Å²) in [5.74, 6) is -0.153. The maximum absolute atomic E-state index is 12.0. The van der Waals surface area contributed by atoms with E-state index in [1.54, 1.807) is 0 Å². The first-order valence-electron chi connectivity index (χ1n) is 15.7. The maximum atomic E-state index is 12.0. The molecule has 2 atom stereocenters. The van der Waals surface area contributed by atoms with Crippen LogP contribution >= 0.6 is 0 Å². The van der Waals surface area contributed by atoms with Crippen molar-refractivity contribution >= 4 is 25.0 Å². The Morgan fingerprint density at radius 1 is 0.902 bits per heavy atom. The highest BCUT2D eigenvalue weighted by atomic mass is 28.4. The van der Waals surface area contributed by atoms with Gasteiger partial charge in [0.05, 0.1) is 13.2 Å². The van der Waals surface area contributed by atoms with E-state index in [-0.39, 0.29) is 21.8 Å². The molecule has 1 saturated heterocycles. The van der Waals surface area contributed by atoms with Crippen LogP contribution in [0.4, 0.5) is 0 Å². The normalized spacial score (nSPS) is 26.1. The number of carbonyl (C=O) groups excluding carboxylic acids is 1. The number of benzene rings is 2. The molecule has 0 radical (unpaired) electrons. The first-order valence-corrected chi connectivity index (χ1v) is 17.7. The molecule has 1 aliphatic heterocycles. The molecule has 2 aromatic rings. The second-order valence-electron chi connectivity index (χ2n) is 14.0. The highest BCUT2D eigenvalue weighted by Crippen LogP contribution is 2.63. The van der Waals surface area contributed by atoms with Crippen molar-refractivity contribution in [1.82, 2.24) is 0 Å². The van der Waals surface area contributed by atoms with E-state index in [0.717, 1.165) is 51.2 Å². The van der Waals surface area contributed by atoms with Gasteiger partial charge in [0.15, 0.2) is 5.79 Å². The Morgan fingerprint density at radius 3 is 1.98 bits per heavy atom. The van der Waals surface area contributed by atoms with Gasteiger partial charge in [0.25, 0.3) is 8.32 Å². The average Bonchev–Trinajstić information content (AvgIpc) is 3.43. The van der Waals surface area contributed by atoms with E-state index < -0.39 is 14.1 Å². The third-order valence-corrected chi connectivity index (χ3v) is 16.1. The first kappa shape index (κ1) is 30.4. The van der Waals surface area contributed by atoms with Crippen LogP contribution in [0.1, 0.15) is 86.0 Å². The molecule has 1 heterocycles. The fraction of sp³-hybridized carbons (Fsp3) is 0.583. The second kappa shape index (κ2) is 11.9. The lowest BCUT2D eigenvalue weighted by Gasteiger charge is -2.58. The number of carbonyl (C=O) groups is 1. The monoisotopic (exact) mass is 574 g/mol. The Bertz CT molecular complexity index is 1150. The summed E-state index contributed by atoms with van der Waals surface area (Å²) in [5.41, 5.74) is 1.44. The van der Waals surface area contributed by atoms with E-state index in [1.165, 1.54) is 15.9 Å². The van der Waals surface area contributed by atoms with Crippen molar-refractivity contribution in [2.75, 3.05) is 19.8 Å². The standard InChI is InChI=1S/C36H50O4Si/c1-29-13-12-19-34(5,32(29)18-25-37)35(20-22-36(23-21-35)38-27-28-39-36)24-26-40-41(33(2,3)4,30-14-8-6-9-15-30)31-16-10-7-11-17-31/h6-11,13-17,25,32H,12,18-24,26-28H2,1-5H3/t32-,34-/m0/s1. The lowest BCUT2D eigenvalue weighted by Crippen LogP contribution is -2.66. The van der Waals surface area contributed by atoms with Gasteiger partial charge in [0.2, 0.25) is 0 Å². The molecule has 41 heavy (non-hydrogen) atoms. The molecule has 0 N–H and O–H groups in total. The van der Waals surface area contributed by atoms with Crippen molar-refractivity contribution in [2.24, 2.45) is 16.7 Å². The SMILES string of the molecule is CC1=CCC[C@](C)(C2(CCO[Si](c3ccccc3)(c3ccccc3)C(C)(C)C)CCC3(CC2)OCCO3)[C@H]1CC=O. The van der Waals surface area contributed by atoms with Gasteiger partial charge in [-0.15, -0.1) is 0 Å². The molecule has 0 amide bonds. The molecule has 222 valence electrons. The Hall–Kier alpha value is -2.05. The summed E-state index contributed by atoms with van der Waals surface area (Å²) in [6.45, 7) is 13.9. The quantitative estimate of drug-likeness (QED) is 0.180. The topological polar surface area (TPSA) is 44.8 Å². The Labute approximate surface area is 249 Å². The molecule has 3 aliphatic rings. The van der Waals surface area contributed by atoms with E-state index >= 15 is 0 Å². The molecule has 5 rings (SSSR count). The predicted molar refractivity (Wildman–Crippen MR) is 169 cm³/mol. The largest absolute Gasteiger partial charge is 0.407 e. The molecule has 5 heteroatoms. The summed E-state index contributed by atoms with van der Waals surface area (Å²) in [4.78, 5) is 12.0. The van der Waals surface area contributed by atoms with Gasteiger partial charge >= 0.3 is 0 Å². The van der Waals surface area contributed by atoms with Crippen LogP contribution in [0.15, 0.2) is 72.3 Å². The number of ether oxygens (including phenoxy) is 2. The zero-order chi connectivity index (χ0) is 29.2. The van der Waals surface area contributed by atoms with Crippen LogP contribution in [0.5, 0.6) is 0 Å². The highest BCUT2D eigenvalue weighted by molar-refractivity contribution is 6.99. The van der Waals surface area contributed by atoms with Crippen molar-refractivity contribution < 1.29 is 18.7 Å². The van der Waals surface area contributed by atoms with Crippen LogP contribution in [-0.2, 0) is 18.7 Å². The molecule has 2 aliphatic carbocycles. The fourth-order valence-corrected chi connectivity index (χ4v) is 13.3. The van der Waals surface area contributed by atoms with Gasteiger partial charge in [0, 0.05) is 25.9 Å². The van der Waals surface area contributed by atoms with Gasteiger partial charge in [-0.25, -0.2) is 0 Å². The molecule has 1 saturated carbocycles. The minimum absolute atomic E-state index is 0.0156. The van der Waals surface area contributed by atoms with Gasteiger partial charge in [0.1, 0.15) is 6.29 Å². The first-order chi connectivity index (χ1) is 19.6. The van der Waals surface area contributed by atoms with Crippen LogP contribution in [0.2, 0.25) is 5.04 Å². The van der Waals surface area contributed by atoms with Crippen LogP contribution in [0.3, 0.4) is 0 Å². The van der Waals surface area contributed by atoms with Gasteiger partial charge < -0.3 is 18.7 Å². The van der Waals surface area contributed by atoms with E-state index in [4.69, 9.17) is 13.9 Å². The number of hydrogen-bond donors (Lipinski definition) is 0. The lowest BCUT2D eigenvalue weighted by atomic mass is 9.47. The highest BCUT2D eigenvalue weighted by Gasteiger charge is 2.58. The van der Waals surface area contributed by atoms with Crippen LogP contribution in [0, 0.1) is 16.7 Å². The predicted octanol–water partition coefficient (Wildman–Crippen LogP) is 7.21. The number of hydrogen-bond acceptors (Lipinski definition) is 4. The lowest BCUT2D eigenvalue weighted by molar-refractivity contribution is -0.209. The molecule has 2 fully saturated rings. The van der Waals surface area contributed by atoms with Crippen molar-refractivity contribution in [1.29, 1.82) is 0 Å². The van der Waals surface area contributed by atoms with Crippen LogP contribution in [-0.4, -0.2) is 40.2 Å². The molecular formula is C36H50O4Si. The Morgan fingerprint density at radius 2 is 1.46 bits per heavy atom. The van der Waals surface area contributed by atoms with Crippen molar-refractivity contribution in [3.63, 3.8) is 0 Å². The minimum Gasteiger partial charge on any atom is -0.407 e. The van der Waals surface area contributed by atoms with Crippen molar-refractivity contribution in [3.05, 3.63) is 72.3 Å². The number of allylic oxidation sites excluding steroid dienone is 2. The molecule has 0 bridgehead atoms. The smallest absolute Gasteiger partial charge is 0.261 e. The zero-order valence-electron chi connectivity index (χ0n) is 25.9. The van der Waals surface area contributed by atoms with Gasteiger partial charge in [-0.05, 0) is 71.2 Å². The van der Waals surface area contributed by atoms with Gasteiger partial charge in [-0.1, -0.05) is 100 Å². The van der Waals surface area contributed by atoms with Crippen LogP contribution in [0.25, 0.3) is 0 Å². The number of rotatable bonds is 9. The summed E-state index contributed by atoms with van der Waals surface area (Å²) in [6, 6.07) is 21.9. The molecule has 1 spiro atoms. The molecule has 4 nitrogen and oxygen atoms in total. The Kier molecular flexibility index (Phi) is 8.83. The third kappa shape index (κ3) is 5.44. The van der Waals surface area contributed by atoms with Gasteiger partial charge in [-0.2, -0.15) is 0 Å². The average molecular weight is 575 g/mol. The summed E-state index contributed by atoms with van der Waals surface area (Å²) in [5, 5.41) is 2.59. The maximum Gasteiger partial charge on any atom is 0.261 e. The molecule has 0 unspecified atom stereocenters. The summed E-state index contributed by atoms with van der Waals surface area (Å²) in [7, 11) is -2.64. The van der Waals surface area contributed by atoms with E-state index in [9.17, 15) is 4.79 Å². The van der Waals surface area contributed by atoms with E-state index in [1.807, 2.05) is 0 Å². The molecular weight excluding hydrogens is 524 g/mol. The summed E-state index contributed by atoms with van der Waals surface area (Å²) < 4.78 is 19.9. The summed E-state index contributed by atoms with van der Waals surface area (Å²) >= 11 is 0. The van der Waals surface area contributed by atoms with Crippen molar-refractivity contribution in [2.45, 2.75) is 96.8 Å². The second-order valence-corrected chi connectivity index (χ2v) is 18.3. The zero-order valence-corrected chi connectivity index (χ0v) is 26.9. The van der Waals surface area contributed by atoms with Crippen LogP contribution < -0.4 is 10.4 Å². The van der Waals surface area contributed by atoms with Crippen molar-refractivity contribution in [3.8, 4) is 0 Å². The molecule has 2 aromatic carbocycles. The Balaban J connectivity index is 1.51. The fourth-order valence-electron chi connectivity index (χ4n) is 8.76.